The number of hydrogen-bond acceptors (Lipinski definition) is 1. The zero-order chi connectivity index (χ0) is 13.1. The molecule has 1 atom stereocenters. The second-order valence-corrected chi connectivity index (χ2v) is 4.67. The first-order valence-corrected chi connectivity index (χ1v) is 6.98. The van der Waals surface area contributed by atoms with Crippen molar-refractivity contribution in [3.8, 4) is 0 Å². The van der Waals surface area contributed by atoms with Gasteiger partial charge in [-0.05, 0) is 51.0 Å². The van der Waals surface area contributed by atoms with E-state index in [2.05, 4.69) is 26.8 Å². The van der Waals surface area contributed by atoms with E-state index in [1.807, 2.05) is 6.08 Å². The lowest BCUT2D eigenvalue weighted by atomic mass is 9.95. The fourth-order valence-electron chi connectivity index (χ4n) is 1.98. The Balaban J connectivity index is 3.97. The van der Waals surface area contributed by atoms with Crippen molar-refractivity contribution < 1.29 is 4.79 Å². The highest BCUT2D eigenvalue weighted by Gasteiger charge is 2.03. The third-order valence-corrected chi connectivity index (χ3v) is 3.32. The molecule has 0 saturated heterocycles. The number of carbonyl (C=O) groups excluding carboxylic acids is 1. The number of allylic oxidation sites excluding steroid dienone is 4. The van der Waals surface area contributed by atoms with Crippen molar-refractivity contribution in [1.29, 1.82) is 0 Å². The quantitative estimate of drug-likeness (QED) is 0.403. The molecule has 0 radical (unpaired) electrons. The van der Waals surface area contributed by atoms with E-state index < -0.39 is 0 Å². The van der Waals surface area contributed by atoms with Gasteiger partial charge in [-0.1, -0.05) is 44.9 Å². The Morgan fingerprint density at radius 1 is 1.18 bits per heavy atom. The standard InChI is InChI=1S/C16H28O/c1-5-15(6-2)11-9-13-16(7-3)12-8-10-14(4)17/h8,10-11,16H,5-7,9,12-13H2,1-4H3/b10-8+. The Hall–Kier alpha value is -0.850. The summed E-state index contributed by atoms with van der Waals surface area (Å²) < 4.78 is 0. The molecule has 0 amide bonds. The van der Waals surface area contributed by atoms with Crippen LogP contribution in [0.4, 0.5) is 0 Å². The van der Waals surface area contributed by atoms with E-state index in [0.29, 0.717) is 0 Å². The van der Waals surface area contributed by atoms with Crippen molar-refractivity contribution in [3.63, 3.8) is 0 Å². The van der Waals surface area contributed by atoms with Crippen molar-refractivity contribution in [3.05, 3.63) is 23.8 Å². The van der Waals surface area contributed by atoms with E-state index in [1.54, 1.807) is 18.6 Å². The summed E-state index contributed by atoms with van der Waals surface area (Å²) >= 11 is 0. The van der Waals surface area contributed by atoms with Gasteiger partial charge in [0.25, 0.3) is 0 Å². The van der Waals surface area contributed by atoms with Crippen molar-refractivity contribution in [2.45, 2.75) is 66.2 Å². The number of rotatable bonds is 9. The Kier molecular flexibility index (Phi) is 9.80. The third-order valence-electron chi connectivity index (χ3n) is 3.32. The lowest BCUT2D eigenvalue weighted by Crippen LogP contribution is -1.97. The minimum absolute atomic E-state index is 0.152. The molecule has 0 aromatic heterocycles. The molecule has 0 N–H and O–H groups in total. The number of hydrogen-bond donors (Lipinski definition) is 0. The summed E-state index contributed by atoms with van der Waals surface area (Å²) in [4.78, 5) is 10.8. The van der Waals surface area contributed by atoms with Crippen LogP contribution in [0.1, 0.15) is 66.2 Å². The highest BCUT2D eigenvalue weighted by Crippen LogP contribution is 2.18. The van der Waals surface area contributed by atoms with Gasteiger partial charge in [0.1, 0.15) is 0 Å². The Labute approximate surface area is 107 Å². The molecule has 0 fully saturated rings. The summed E-state index contributed by atoms with van der Waals surface area (Å²) in [6.45, 7) is 8.29. The van der Waals surface area contributed by atoms with Crippen molar-refractivity contribution in [1.82, 2.24) is 0 Å². The maximum atomic E-state index is 10.8. The molecule has 0 spiro atoms. The summed E-state index contributed by atoms with van der Waals surface area (Å²) in [6.07, 6.45) is 13.1. The molecular formula is C16H28O. The average Bonchev–Trinajstić information content (AvgIpc) is 2.32. The molecular weight excluding hydrogens is 208 g/mol. The molecule has 0 rings (SSSR count). The van der Waals surface area contributed by atoms with E-state index in [-0.39, 0.29) is 5.78 Å². The van der Waals surface area contributed by atoms with Gasteiger partial charge in [0.15, 0.2) is 5.78 Å². The van der Waals surface area contributed by atoms with Gasteiger partial charge in [-0.15, -0.1) is 0 Å². The monoisotopic (exact) mass is 236 g/mol. The van der Waals surface area contributed by atoms with Gasteiger partial charge in [-0.3, -0.25) is 4.79 Å². The van der Waals surface area contributed by atoms with E-state index in [0.717, 1.165) is 12.3 Å². The van der Waals surface area contributed by atoms with Gasteiger partial charge in [-0.2, -0.15) is 0 Å². The van der Waals surface area contributed by atoms with Crippen molar-refractivity contribution in [2.24, 2.45) is 5.92 Å². The van der Waals surface area contributed by atoms with Gasteiger partial charge >= 0.3 is 0 Å². The average molecular weight is 236 g/mol. The van der Waals surface area contributed by atoms with Crippen LogP contribution in [0, 0.1) is 5.92 Å². The SMILES string of the molecule is CCC(=CCCC(CC)C/C=C/C(C)=O)CC. The molecule has 1 nitrogen and oxygen atoms in total. The van der Waals surface area contributed by atoms with Gasteiger partial charge in [0.2, 0.25) is 0 Å². The van der Waals surface area contributed by atoms with Gasteiger partial charge < -0.3 is 0 Å². The van der Waals surface area contributed by atoms with Crippen LogP contribution in [0.15, 0.2) is 23.8 Å². The van der Waals surface area contributed by atoms with Crippen LogP contribution < -0.4 is 0 Å². The molecule has 0 bridgehead atoms. The minimum Gasteiger partial charge on any atom is -0.295 e. The molecule has 0 aliphatic rings. The fourth-order valence-corrected chi connectivity index (χ4v) is 1.98. The second kappa shape index (κ2) is 10.3. The van der Waals surface area contributed by atoms with E-state index in [1.165, 1.54) is 32.1 Å². The maximum Gasteiger partial charge on any atom is 0.152 e. The van der Waals surface area contributed by atoms with Gasteiger partial charge in [0, 0.05) is 0 Å². The zero-order valence-electron chi connectivity index (χ0n) is 12.0. The predicted molar refractivity (Wildman–Crippen MR) is 76.1 cm³/mol. The molecule has 98 valence electrons. The largest absolute Gasteiger partial charge is 0.295 e. The van der Waals surface area contributed by atoms with E-state index in [4.69, 9.17) is 0 Å². The molecule has 0 heterocycles. The Morgan fingerprint density at radius 2 is 1.82 bits per heavy atom. The highest BCUT2D eigenvalue weighted by atomic mass is 16.1. The van der Waals surface area contributed by atoms with Crippen LogP contribution in [0.2, 0.25) is 0 Å². The number of carbonyl (C=O) groups is 1. The first-order valence-electron chi connectivity index (χ1n) is 6.98. The highest BCUT2D eigenvalue weighted by molar-refractivity contribution is 5.87. The van der Waals surface area contributed by atoms with Crippen molar-refractivity contribution >= 4 is 5.78 Å². The summed E-state index contributed by atoms with van der Waals surface area (Å²) in [5, 5.41) is 0. The molecule has 17 heavy (non-hydrogen) atoms. The van der Waals surface area contributed by atoms with Crippen LogP contribution in [0.5, 0.6) is 0 Å². The van der Waals surface area contributed by atoms with Gasteiger partial charge in [0.05, 0.1) is 0 Å². The summed E-state index contributed by atoms with van der Waals surface area (Å²) in [5.74, 6) is 0.871. The summed E-state index contributed by atoms with van der Waals surface area (Å²) in [7, 11) is 0. The van der Waals surface area contributed by atoms with Crippen LogP contribution in [-0.2, 0) is 4.79 Å². The third kappa shape index (κ3) is 8.91. The molecule has 0 aromatic carbocycles. The van der Waals surface area contributed by atoms with Crippen LogP contribution >= 0.6 is 0 Å². The molecule has 0 aliphatic carbocycles. The minimum atomic E-state index is 0.152. The smallest absolute Gasteiger partial charge is 0.152 e. The molecule has 1 unspecified atom stereocenters. The van der Waals surface area contributed by atoms with Crippen molar-refractivity contribution in [2.75, 3.05) is 0 Å². The lowest BCUT2D eigenvalue weighted by Gasteiger charge is -2.11. The maximum absolute atomic E-state index is 10.8. The molecule has 1 heteroatoms. The molecule has 0 aliphatic heterocycles. The van der Waals surface area contributed by atoms with Crippen LogP contribution in [-0.4, -0.2) is 5.78 Å². The predicted octanol–water partition coefficient (Wildman–Crippen LogP) is 5.07. The van der Waals surface area contributed by atoms with E-state index in [9.17, 15) is 4.79 Å². The second-order valence-electron chi connectivity index (χ2n) is 4.67. The topological polar surface area (TPSA) is 17.1 Å². The first-order chi connectivity index (χ1) is 8.13. The fraction of sp³-hybridized carbons (Fsp3) is 0.688. The summed E-state index contributed by atoms with van der Waals surface area (Å²) in [6, 6.07) is 0. The van der Waals surface area contributed by atoms with Gasteiger partial charge in [-0.25, -0.2) is 0 Å². The molecule has 0 aromatic rings. The van der Waals surface area contributed by atoms with Crippen LogP contribution in [0.25, 0.3) is 0 Å². The molecule has 0 saturated carbocycles. The lowest BCUT2D eigenvalue weighted by molar-refractivity contribution is -0.112. The number of ketones is 1. The zero-order valence-corrected chi connectivity index (χ0v) is 12.0. The van der Waals surface area contributed by atoms with Crippen LogP contribution in [0.3, 0.4) is 0 Å². The van der Waals surface area contributed by atoms with E-state index >= 15 is 0 Å². The first kappa shape index (κ1) is 16.1. The normalized spacial score (nSPS) is 12.7. The Bertz CT molecular complexity index is 255. The Morgan fingerprint density at radius 3 is 2.29 bits per heavy atom. The summed E-state index contributed by atoms with van der Waals surface area (Å²) in [5.41, 5.74) is 1.57.